The van der Waals surface area contributed by atoms with E-state index in [9.17, 15) is 4.79 Å². The van der Waals surface area contributed by atoms with Crippen LogP contribution in [0.5, 0.6) is 0 Å². The molecule has 4 heteroatoms. The van der Waals surface area contributed by atoms with Crippen LogP contribution in [-0.2, 0) is 14.3 Å². The van der Waals surface area contributed by atoms with Crippen molar-refractivity contribution in [2.24, 2.45) is 0 Å². The third-order valence-corrected chi connectivity index (χ3v) is 1.92. The van der Waals surface area contributed by atoms with Gasteiger partial charge in [0.1, 0.15) is 0 Å². The summed E-state index contributed by atoms with van der Waals surface area (Å²) in [7, 11) is 0. The Bertz CT molecular complexity index is 156. The van der Waals surface area contributed by atoms with Crippen LogP contribution in [0.15, 0.2) is 0 Å². The first-order valence-corrected chi connectivity index (χ1v) is 5.74. The van der Waals surface area contributed by atoms with Crippen molar-refractivity contribution >= 4 is 5.91 Å². The van der Waals surface area contributed by atoms with E-state index in [-0.39, 0.29) is 12.2 Å². The lowest BCUT2D eigenvalue weighted by Gasteiger charge is -2.16. The monoisotopic (exact) mass is 217 g/mol. The van der Waals surface area contributed by atoms with Gasteiger partial charge in [0.15, 0.2) is 6.29 Å². The van der Waals surface area contributed by atoms with Crippen LogP contribution in [0.4, 0.5) is 0 Å². The summed E-state index contributed by atoms with van der Waals surface area (Å²) >= 11 is 0. The molecule has 1 N–H and O–H groups in total. The van der Waals surface area contributed by atoms with Gasteiger partial charge in [-0.25, -0.2) is 0 Å². The van der Waals surface area contributed by atoms with Crippen LogP contribution in [0.25, 0.3) is 0 Å². The van der Waals surface area contributed by atoms with Crippen LogP contribution in [0.1, 0.15) is 40.0 Å². The predicted molar refractivity (Wildman–Crippen MR) is 59.6 cm³/mol. The molecule has 0 atom stereocenters. The van der Waals surface area contributed by atoms with E-state index in [1.807, 2.05) is 20.8 Å². The Morgan fingerprint density at radius 1 is 1.20 bits per heavy atom. The molecule has 0 saturated carbocycles. The number of nitrogens with one attached hydrogen (secondary N) is 1. The normalized spacial score (nSPS) is 10.7. The fourth-order valence-corrected chi connectivity index (χ4v) is 1.30. The molecule has 0 bridgehead atoms. The first-order chi connectivity index (χ1) is 7.24. The van der Waals surface area contributed by atoms with Crippen LogP contribution in [0.2, 0.25) is 0 Å². The van der Waals surface area contributed by atoms with Gasteiger partial charge < -0.3 is 14.8 Å². The SMILES string of the molecule is CCNC(=O)CCCC(OCC)OCC. The first kappa shape index (κ1) is 14.4. The Hall–Kier alpha value is -0.610. The molecule has 0 aliphatic heterocycles. The molecule has 15 heavy (non-hydrogen) atoms. The standard InChI is InChI=1S/C11H23NO3/c1-4-12-10(13)8-7-9-11(14-5-2)15-6-3/h11H,4-9H2,1-3H3,(H,12,13). The number of hydrogen-bond acceptors (Lipinski definition) is 3. The second-order valence-electron chi connectivity index (χ2n) is 3.19. The largest absolute Gasteiger partial charge is 0.356 e. The Kier molecular flexibility index (Phi) is 9.52. The highest BCUT2D eigenvalue weighted by Crippen LogP contribution is 2.06. The maximum absolute atomic E-state index is 11.1. The van der Waals surface area contributed by atoms with Crippen molar-refractivity contribution in [1.82, 2.24) is 5.32 Å². The molecule has 0 rings (SSSR count). The molecule has 0 aromatic heterocycles. The van der Waals surface area contributed by atoms with E-state index in [0.717, 1.165) is 12.8 Å². The maximum atomic E-state index is 11.1. The zero-order valence-corrected chi connectivity index (χ0v) is 10.0. The highest BCUT2D eigenvalue weighted by Gasteiger charge is 2.08. The van der Waals surface area contributed by atoms with Crippen molar-refractivity contribution < 1.29 is 14.3 Å². The third-order valence-electron chi connectivity index (χ3n) is 1.92. The van der Waals surface area contributed by atoms with E-state index >= 15 is 0 Å². The maximum Gasteiger partial charge on any atom is 0.219 e. The van der Waals surface area contributed by atoms with E-state index in [4.69, 9.17) is 9.47 Å². The second-order valence-corrected chi connectivity index (χ2v) is 3.19. The van der Waals surface area contributed by atoms with Crippen molar-refractivity contribution in [2.45, 2.75) is 46.3 Å². The molecular formula is C11H23NO3. The highest BCUT2D eigenvalue weighted by molar-refractivity contribution is 5.75. The quantitative estimate of drug-likeness (QED) is 0.598. The summed E-state index contributed by atoms with van der Waals surface area (Å²) < 4.78 is 10.7. The van der Waals surface area contributed by atoms with Crippen LogP contribution in [0, 0.1) is 0 Å². The van der Waals surface area contributed by atoms with Gasteiger partial charge in [-0.3, -0.25) is 4.79 Å². The van der Waals surface area contributed by atoms with Gasteiger partial charge in [0, 0.05) is 26.2 Å². The molecule has 0 aliphatic rings. The van der Waals surface area contributed by atoms with Crippen LogP contribution in [0.3, 0.4) is 0 Å². The summed E-state index contributed by atoms with van der Waals surface area (Å²) in [6, 6.07) is 0. The van der Waals surface area contributed by atoms with Gasteiger partial charge in [-0.05, 0) is 33.6 Å². The lowest BCUT2D eigenvalue weighted by molar-refractivity contribution is -0.141. The molecule has 0 spiro atoms. The molecule has 0 aromatic carbocycles. The molecular weight excluding hydrogens is 194 g/mol. The summed E-state index contributed by atoms with van der Waals surface area (Å²) in [5.74, 6) is 0.101. The van der Waals surface area contributed by atoms with Gasteiger partial charge in [-0.2, -0.15) is 0 Å². The van der Waals surface area contributed by atoms with E-state index < -0.39 is 0 Å². The molecule has 0 aliphatic carbocycles. The average molecular weight is 217 g/mol. The third kappa shape index (κ3) is 8.39. The molecule has 0 saturated heterocycles. The van der Waals surface area contributed by atoms with Crippen molar-refractivity contribution in [3.8, 4) is 0 Å². The summed E-state index contributed by atoms with van der Waals surface area (Å²) in [6.45, 7) is 7.78. The smallest absolute Gasteiger partial charge is 0.219 e. The predicted octanol–water partition coefficient (Wildman–Crippen LogP) is 1.69. The van der Waals surface area contributed by atoms with Gasteiger partial charge in [0.2, 0.25) is 5.91 Å². The van der Waals surface area contributed by atoms with Crippen molar-refractivity contribution in [3.63, 3.8) is 0 Å². The lowest BCUT2D eigenvalue weighted by atomic mass is 10.2. The Morgan fingerprint density at radius 2 is 1.80 bits per heavy atom. The Morgan fingerprint density at radius 3 is 2.27 bits per heavy atom. The molecule has 0 radical (unpaired) electrons. The first-order valence-electron chi connectivity index (χ1n) is 5.74. The van der Waals surface area contributed by atoms with Gasteiger partial charge in [0.05, 0.1) is 0 Å². The highest BCUT2D eigenvalue weighted by atomic mass is 16.7. The minimum Gasteiger partial charge on any atom is -0.356 e. The van der Waals surface area contributed by atoms with Gasteiger partial charge in [0.25, 0.3) is 0 Å². The van der Waals surface area contributed by atoms with Gasteiger partial charge >= 0.3 is 0 Å². The number of carbonyl (C=O) groups is 1. The van der Waals surface area contributed by atoms with E-state index in [1.54, 1.807) is 0 Å². The molecule has 0 fully saturated rings. The zero-order valence-electron chi connectivity index (χ0n) is 10.0. The van der Waals surface area contributed by atoms with Gasteiger partial charge in [-0.1, -0.05) is 0 Å². The van der Waals surface area contributed by atoms with Crippen molar-refractivity contribution in [3.05, 3.63) is 0 Å². The molecule has 4 nitrogen and oxygen atoms in total. The summed E-state index contributed by atoms with van der Waals surface area (Å²) in [4.78, 5) is 11.1. The van der Waals surface area contributed by atoms with Gasteiger partial charge in [-0.15, -0.1) is 0 Å². The van der Waals surface area contributed by atoms with E-state index in [0.29, 0.717) is 26.2 Å². The topological polar surface area (TPSA) is 47.6 Å². The Balaban J connectivity index is 3.55. The molecule has 90 valence electrons. The van der Waals surface area contributed by atoms with Crippen LogP contribution in [-0.4, -0.2) is 32.0 Å². The molecule has 0 aromatic rings. The van der Waals surface area contributed by atoms with Crippen LogP contribution >= 0.6 is 0 Å². The number of hydrogen-bond donors (Lipinski definition) is 1. The number of carbonyl (C=O) groups excluding carboxylic acids is 1. The minimum atomic E-state index is -0.158. The Labute approximate surface area is 92.3 Å². The number of rotatable bonds is 9. The fraction of sp³-hybridized carbons (Fsp3) is 0.909. The molecule has 0 unspecified atom stereocenters. The van der Waals surface area contributed by atoms with Crippen LogP contribution < -0.4 is 5.32 Å². The second kappa shape index (κ2) is 9.93. The zero-order chi connectivity index (χ0) is 11.5. The van der Waals surface area contributed by atoms with Crippen molar-refractivity contribution in [1.29, 1.82) is 0 Å². The summed E-state index contributed by atoms with van der Waals surface area (Å²) in [6.07, 6.45) is 1.97. The minimum absolute atomic E-state index is 0.101. The molecule has 1 amide bonds. The number of amides is 1. The molecule has 0 heterocycles. The summed E-state index contributed by atoms with van der Waals surface area (Å²) in [5.41, 5.74) is 0. The fourth-order valence-electron chi connectivity index (χ4n) is 1.30. The van der Waals surface area contributed by atoms with Crippen molar-refractivity contribution in [2.75, 3.05) is 19.8 Å². The van der Waals surface area contributed by atoms with E-state index in [2.05, 4.69) is 5.32 Å². The van der Waals surface area contributed by atoms with E-state index in [1.165, 1.54) is 0 Å². The summed E-state index contributed by atoms with van der Waals surface area (Å²) in [5, 5.41) is 2.76. The average Bonchev–Trinajstić information content (AvgIpc) is 2.19. The lowest BCUT2D eigenvalue weighted by Crippen LogP contribution is -2.23. The number of ether oxygens (including phenoxy) is 2.